The molecule has 8 nitrogen and oxygen atoms in total. The first-order valence-corrected chi connectivity index (χ1v) is 10.3. The zero-order chi connectivity index (χ0) is 20.4. The highest BCUT2D eigenvalue weighted by molar-refractivity contribution is 7.98. The summed E-state index contributed by atoms with van der Waals surface area (Å²) in [6, 6.07) is 5.44. The molecule has 0 radical (unpaired) electrons. The Kier molecular flexibility index (Phi) is 5.75. The van der Waals surface area contributed by atoms with Gasteiger partial charge in [0.15, 0.2) is 10.3 Å². The number of H-pyrrole nitrogens is 2. The van der Waals surface area contributed by atoms with Crippen molar-refractivity contribution < 1.29 is 14.6 Å². The highest BCUT2D eigenvalue weighted by atomic mass is 32.2. The number of nitrogens with one attached hydrogen (secondary N) is 2. The van der Waals surface area contributed by atoms with Crippen molar-refractivity contribution in [2.45, 2.75) is 16.2 Å². The van der Waals surface area contributed by atoms with Crippen LogP contribution < -0.4 is 11.1 Å². The molecule has 2 aromatic heterocycles. The Hall–Kier alpha value is -2.79. The maximum atomic E-state index is 14.6. The van der Waals surface area contributed by atoms with E-state index in [0.717, 1.165) is 29.6 Å². The molecule has 11 heteroatoms. The summed E-state index contributed by atoms with van der Waals surface area (Å²) in [5.74, 6) is -3.50. The maximum absolute atomic E-state index is 14.6. The van der Waals surface area contributed by atoms with Crippen molar-refractivity contribution in [3.8, 4) is 11.8 Å². The van der Waals surface area contributed by atoms with Crippen molar-refractivity contribution in [3.63, 3.8) is 0 Å². The molecule has 0 atom stereocenters. The van der Waals surface area contributed by atoms with Gasteiger partial charge in [-0.3, -0.25) is 9.59 Å². The smallest absolute Gasteiger partial charge is 0.259 e. The minimum Gasteiger partial charge on any atom is -0.493 e. The fourth-order valence-corrected chi connectivity index (χ4v) is 3.52. The summed E-state index contributed by atoms with van der Waals surface area (Å²) in [6.07, 6.45) is 3.29. The third kappa shape index (κ3) is 3.62. The van der Waals surface area contributed by atoms with Gasteiger partial charge in [-0.15, -0.1) is 0 Å². The SMILES string of the molecule is CSc1nc(O)c(C(c2ccccc2F)c2c(O)nc(SC)[nH]c2=O)c(=O)[nH]1. The second-order valence-electron chi connectivity index (χ2n) is 5.58. The largest absolute Gasteiger partial charge is 0.493 e. The third-order valence-electron chi connectivity index (χ3n) is 4.01. The van der Waals surface area contributed by atoms with Crippen LogP contribution in [0.4, 0.5) is 4.39 Å². The lowest BCUT2D eigenvalue weighted by molar-refractivity contribution is 0.423. The Labute approximate surface area is 166 Å². The number of hydrogen-bond acceptors (Lipinski definition) is 8. The average molecular weight is 422 g/mol. The van der Waals surface area contributed by atoms with E-state index < -0.39 is 34.6 Å². The molecule has 1 aromatic carbocycles. The van der Waals surface area contributed by atoms with Crippen molar-refractivity contribution in [2.24, 2.45) is 0 Å². The summed E-state index contributed by atoms with van der Waals surface area (Å²) in [5, 5.41) is 21.1. The van der Waals surface area contributed by atoms with Gasteiger partial charge in [0.05, 0.1) is 17.0 Å². The molecule has 3 rings (SSSR count). The monoisotopic (exact) mass is 422 g/mol. The maximum Gasteiger partial charge on any atom is 0.259 e. The lowest BCUT2D eigenvalue weighted by Crippen LogP contribution is -2.26. The summed E-state index contributed by atoms with van der Waals surface area (Å²) >= 11 is 2.18. The molecule has 0 aliphatic heterocycles. The summed E-state index contributed by atoms with van der Waals surface area (Å²) in [7, 11) is 0. The third-order valence-corrected chi connectivity index (χ3v) is 5.17. The molecular formula is C17H15FN4O4S2. The Morgan fingerprint density at radius 2 is 1.39 bits per heavy atom. The van der Waals surface area contributed by atoms with Crippen molar-refractivity contribution >= 4 is 23.5 Å². The van der Waals surface area contributed by atoms with E-state index in [1.807, 2.05) is 0 Å². The first kappa shape index (κ1) is 20.0. The summed E-state index contributed by atoms with van der Waals surface area (Å²) < 4.78 is 14.6. The lowest BCUT2D eigenvalue weighted by Gasteiger charge is -2.19. The van der Waals surface area contributed by atoms with Crippen molar-refractivity contribution in [2.75, 3.05) is 12.5 Å². The van der Waals surface area contributed by atoms with Crippen LogP contribution in [0.1, 0.15) is 22.6 Å². The van der Waals surface area contributed by atoms with Crippen LogP contribution in [0.5, 0.6) is 11.8 Å². The van der Waals surface area contributed by atoms with E-state index in [1.165, 1.54) is 18.2 Å². The molecule has 0 saturated heterocycles. The predicted octanol–water partition coefficient (Wildman–Crippen LogP) is 2.03. The zero-order valence-electron chi connectivity index (χ0n) is 14.7. The van der Waals surface area contributed by atoms with Crippen molar-refractivity contribution in [3.05, 3.63) is 67.5 Å². The standard InChI is InChI=1S/C17H15FN4O4S2/c1-27-16-19-12(23)10(13(24)20-16)9(7-5-3-4-6-8(7)18)11-14(25)21-17(28-2)22-15(11)26/h3-6,9H,1-2H3,(H2,19,20,23,24)(H2,21,22,25,26). The number of benzene rings is 1. The number of aromatic nitrogens is 4. The second-order valence-corrected chi connectivity index (χ2v) is 7.17. The van der Waals surface area contributed by atoms with Crippen LogP contribution in [0.2, 0.25) is 0 Å². The molecule has 0 fully saturated rings. The number of aromatic hydroxyl groups is 2. The normalized spacial score (nSPS) is 11.1. The molecule has 0 unspecified atom stereocenters. The van der Waals surface area contributed by atoms with E-state index in [2.05, 4.69) is 19.9 Å². The van der Waals surface area contributed by atoms with Gasteiger partial charge in [-0.05, 0) is 18.6 Å². The highest BCUT2D eigenvalue weighted by Crippen LogP contribution is 2.37. The number of halogens is 1. The first-order valence-electron chi connectivity index (χ1n) is 7.86. The van der Waals surface area contributed by atoms with Gasteiger partial charge < -0.3 is 20.2 Å². The van der Waals surface area contributed by atoms with Gasteiger partial charge in [0.1, 0.15) is 5.82 Å². The van der Waals surface area contributed by atoms with Crippen LogP contribution in [-0.4, -0.2) is 42.7 Å². The molecule has 0 bridgehead atoms. The van der Waals surface area contributed by atoms with Gasteiger partial charge in [-0.25, -0.2) is 4.39 Å². The zero-order valence-corrected chi connectivity index (χ0v) is 16.3. The first-order chi connectivity index (χ1) is 13.4. The molecule has 0 spiro atoms. The molecule has 0 amide bonds. The Balaban J connectivity index is 2.39. The molecule has 146 valence electrons. The van der Waals surface area contributed by atoms with E-state index in [1.54, 1.807) is 12.5 Å². The number of aromatic amines is 2. The number of rotatable bonds is 5. The summed E-state index contributed by atoms with van der Waals surface area (Å²) in [6.45, 7) is 0. The van der Waals surface area contributed by atoms with Gasteiger partial charge in [-0.1, -0.05) is 41.7 Å². The van der Waals surface area contributed by atoms with Crippen LogP contribution in [0.25, 0.3) is 0 Å². The number of nitrogens with zero attached hydrogens (tertiary/aromatic N) is 2. The molecular weight excluding hydrogens is 407 g/mol. The molecule has 0 aliphatic rings. The topological polar surface area (TPSA) is 132 Å². The molecule has 2 heterocycles. The fourth-order valence-electron chi connectivity index (χ4n) is 2.78. The van der Waals surface area contributed by atoms with E-state index >= 15 is 0 Å². The summed E-state index contributed by atoms with van der Waals surface area (Å²) in [5.41, 5.74) is -2.37. The fraction of sp³-hybridized carbons (Fsp3) is 0.176. The van der Waals surface area contributed by atoms with Crippen LogP contribution in [0, 0.1) is 5.82 Å². The van der Waals surface area contributed by atoms with Crippen LogP contribution >= 0.6 is 23.5 Å². The molecule has 0 saturated carbocycles. The van der Waals surface area contributed by atoms with Crippen molar-refractivity contribution in [1.29, 1.82) is 0 Å². The minimum absolute atomic E-state index is 0.0958. The van der Waals surface area contributed by atoms with E-state index in [4.69, 9.17) is 0 Å². The van der Waals surface area contributed by atoms with E-state index in [0.29, 0.717) is 0 Å². The quantitative estimate of drug-likeness (QED) is 0.363. The van der Waals surface area contributed by atoms with Gasteiger partial charge in [-0.2, -0.15) is 9.97 Å². The molecule has 3 aromatic rings. The van der Waals surface area contributed by atoms with E-state index in [9.17, 15) is 24.2 Å². The lowest BCUT2D eigenvalue weighted by atomic mass is 9.86. The van der Waals surface area contributed by atoms with Gasteiger partial charge >= 0.3 is 0 Å². The Morgan fingerprint density at radius 3 is 1.79 bits per heavy atom. The molecule has 28 heavy (non-hydrogen) atoms. The van der Waals surface area contributed by atoms with Crippen LogP contribution in [0.15, 0.2) is 44.2 Å². The van der Waals surface area contributed by atoms with Gasteiger partial charge in [0.2, 0.25) is 11.8 Å². The minimum atomic E-state index is -1.43. The second kappa shape index (κ2) is 8.07. The van der Waals surface area contributed by atoms with Gasteiger partial charge in [0, 0.05) is 5.56 Å². The highest BCUT2D eigenvalue weighted by Gasteiger charge is 2.32. The average Bonchev–Trinajstić information content (AvgIpc) is 2.65. The molecule has 4 N–H and O–H groups in total. The van der Waals surface area contributed by atoms with Crippen LogP contribution in [0.3, 0.4) is 0 Å². The Morgan fingerprint density at radius 1 is 0.929 bits per heavy atom. The van der Waals surface area contributed by atoms with E-state index in [-0.39, 0.29) is 27.0 Å². The predicted molar refractivity (Wildman–Crippen MR) is 104 cm³/mol. The number of hydrogen-bond donors (Lipinski definition) is 4. The van der Waals surface area contributed by atoms with Gasteiger partial charge in [0.25, 0.3) is 11.1 Å². The molecule has 0 aliphatic carbocycles. The number of thioether (sulfide) groups is 2. The van der Waals surface area contributed by atoms with Crippen LogP contribution in [-0.2, 0) is 0 Å². The van der Waals surface area contributed by atoms with Crippen molar-refractivity contribution in [1.82, 2.24) is 19.9 Å². The Bertz CT molecular complexity index is 1080. The summed E-state index contributed by atoms with van der Waals surface area (Å²) in [4.78, 5) is 38.0.